The molecule has 0 saturated carbocycles. The lowest BCUT2D eigenvalue weighted by Crippen LogP contribution is -2.02. The first kappa shape index (κ1) is 23.6. The van der Waals surface area contributed by atoms with Gasteiger partial charge in [-0.05, 0) is 29.1 Å². The van der Waals surface area contributed by atoms with Crippen LogP contribution in [0.2, 0.25) is 0 Å². The van der Waals surface area contributed by atoms with E-state index in [1.165, 1.54) is 0 Å². The van der Waals surface area contributed by atoms with Crippen molar-refractivity contribution in [3.63, 3.8) is 0 Å². The van der Waals surface area contributed by atoms with Gasteiger partial charge in [0.25, 0.3) is 0 Å². The minimum atomic E-state index is 0.749. The largest absolute Gasteiger partial charge is 0.264 e. The number of benzene rings is 4. The van der Waals surface area contributed by atoms with Gasteiger partial charge in [-0.15, -0.1) is 0 Å². The van der Waals surface area contributed by atoms with Gasteiger partial charge in [-0.25, -0.2) is 9.97 Å². The Balaban J connectivity index is 1.56. The third-order valence-corrected chi connectivity index (χ3v) is 7.02. The van der Waals surface area contributed by atoms with E-state index in [-0.39, 0.29) is 0 Å². The summed E-state index contributed by atoms with van der Waals surface area (Å²) in [6.07, 6.45) is 5.52. The first-order valence-corrected chi connectivity index (χ1v) is 13.2. The molecule has 188 valence electrons. The Hall–Kier alpha value is -5.48. The van der Waals surface area contributed by atoms with Gasteiger partial charge < -0.3 is 0 Å². The highest BCUT2D eigenvalue weighted by Gasteiger charge is 2.21. The van der Waals surface area contributed by atoms with Crippen LogP contribution in [0.15, 0.2) is 146 Å². The molecular formula is C36H24N4. The van der Waals surface area contributed by atoms with Crippen LogP contribution in [0, 0.1) is 0 Å². The zero-order valence-electron chi connectivity index (χ0n) is 21.6. The summed E-state index contributed by atoms with van der Waals surface area (Å²) >= 11 is 0. The SMILES string of the molecule is c1ccc(-c2nc(-c3cccc(-c4cccnc4)c3)c(-c3nccc4ccccc34)nc2-c2ccccc2)cc1. The molecule has 3 heterocycles. The molecule has 0 aliphatic carbocycles. The fourth-order valence-corrected chi connectivity index (χ4v) is 5.08. The van der Waals surface area contributed by atoms with E-state index in [1.807, 2.05) is 73.1 Å². The predicted molar refractivity (Wildman–Crippen MR) is 162 cm³/mol. The first-order valence-electron chi connectivity index (χ1n) is 13.2. The summed E-state index contributed by atoms with van der Waals surface area (Å²) in [6.45, 7) is 0. The lowest BCUT2D eigenvalue weighted by atomic mass is 9.97. The van der Waals surface area contributed by atoms with Gasteiger partial charge in [-0.3, -0.25) is 9.97 Å². The molecule has 4 heteroatoms. The third-order valence-electron chi connectivity index (χ3n) is 7.02. The molecule has 4 nitrogen and oxygen atoms in total. The molecule has 7 aromatic rings. The lowest BCUT2D eigenvalue weighted by Gasteiger charge is -2.17. The van der Waals surface area contributed by atoms with Crippen molar-refractivity contribution in [2.75, 3.05) is 0 Å². The monoisotopic (exact) mass is 512 g/mol. The fraction of sp³-hybridized carbons (Fsp3) is 0. The molecule has 0 amide bonds. The Morgan fingerprint density at radius 2 is 0.975 bits per heavy atom. The second kappa shape index (κ2) is 10.4. The van der Waals surface area contributed by atoms with Gasteiger partial charge in [0.1, 0.15) is 5.69 Å². The maximum Gasteiger partial charge on any atom is 0.116 e. The van der Waals surface area contributed by atoms with Gasteiger partial charge in [0, 0.05) is 46.2 Å². The zero-order chi connectivity index (χ0) is 26.7. The molecule has 0 fully saturated rings. The molecule has 40 heavy (non-hydrogen) atoms. The predicted octanol–water partition coefficient (Wildman–Crippen LogP) is 8.75. The number of hydrogen-bond donors (Lipinski definition) is 0. The maximum absolute atomic E-state index is 5.39. The highest BCUT2D eigenvalue weighted by molar-refractivity contribution is 5.98. The summed E-state index contributed by atoms with van der Waals surface area (Å²) in [5, 5.41) is 2.15. The van der Waals surface area contributed by atoms with Crippen LogP contribution in [0.1, 0.15) is 0 Å². The zero-order valence-corrected chi connectivity index (χ0v) is 21.6. The molecule has 0 aliphatic heterocycles. The number of hydrogen-bond acceptors (Lipinski definition) is 4. The van der Waals surface area contributed by atoms with Crippen molar-refractivity contribution in [2.24, 2.45) is 0 Å². The van der Waals surface area contributed by atoms with E-state index >= 15 is 0 Å². The average molecular weight is 513 g/mol. The van der Waals surface area contributed by atoms with Crippen LogP contribution in [-0.2, 0) is 0 Å². The van der Waals surface area contributed by atoms with Crippen molar-refractivity contribution in [3.05, 3.63) is 146 Å². The standard InChI is InChI=1S/C36H24N4/c1-3-12-26(13-4-1)32-33(27-14-5-2-6-15-27)40-36(35-31-19-8-7-11-25(31)20-22-38-35)34(39-32)29-17-9-16-28(23-29)30-18-10-21-37-24-30/h1-24H. The van der Waals surface area contributed by atoms with Crippen LogP contribution in [0.3, 0.4) is 0 Å². The van der Waals surface area contributed by atoms with Crippen molar-refractivity contribution in [3.8, 4) is 56.3 Å². The Morgan fingerprint density at radius 1 is 0.375 bits per heavy atom. The molecule has 7 rings (SSSR count). The van der Waals surface area contributed by atoms with Crippen molar-refractivity contribution >= 4 is 10.8 Å². The Kier molecular flexibility index (Phi) is 6.11. The van der Waals surface area contributed by atoms with E-state index in [0.29, 0.717) is 0 Å². The third kappa shape index (κ3) is 4.42. The van der Waals surface area contributed by atoms with Gasteiger partial charge >= 0.3 is 0 Å². The van der Waals surface area contributed by atoms with Crippen molar-refractivity contribution in [1.29, 1.82) is 0 Å². The highest BCUT2D eigenvalue weighted by Crippen LogP contribution is 2.39. The lowest BCUT2D eigenvalue weighted by molar-refractivity contribution is 1.19. The van der Waals surface area contributed by atoms with E-state index in [1.54, 1.807) is 6.20 Å². The van der Waals surface area contributed by atoms with Crippen LogP contribution in [0.4, 0.5) is 0 Å². The van der Waals surface area contributed by atoms with E-state index in [9.17, 15) is 0 Å². The van der Waals surface area contributed by atoms with E-state index in [2.05, 4.69) is 71.7 Å². The van der Waals surface area contributed by atoms with Crippen LogP contribution >= 0.6 is 0 Å². The molecule has 4 aromatic carbocycles. The van der Waals surface area contributed by atoms with Crippen molar-refractivity contribution < 1.29 is 0 Å². The second-order valence-corrected chi connectivity index (χ2v) is 9.55. The molecule has 0 spiro atoms. The number of nitrogens with zero attached hydrogens (tertiary/aromatic N) is 4. The number of fused-ring (bicyclic) bond motifs is 1. The summed E-state index contributed by atoms with van der Waals surface area (Å²) in [7, 11) is 0. The summed E-state index contributed by atoms with van der Waals surface area (Å²) in [4.78, 5) is 20.0. The average Bonchev–Trinajstić information content (AvgIpc) is 3.05. The molecular weight excluding hydrogens is 488 g/mol. The molecule has 0 aliphatic rings. The van der Waals surface area contributed by atoms with Crippen LogP contribution < -0.4 is 0 Å². The molecule has 0 saturated heterocycles. The van der Waals surface area contributed by atoms with Crippen molar-refractivity contribution in [2.45, 2.75) is 0 Å². The van der Waals surface area contributed by atoms with Gasteiger partial charge in [-0.1, -0.05) is 109 Å². The number of pyridine rings is 2. The summed E-state index contributed by atoms with van der Waals surface area (Å²) in [5.74, 6) is 0. The minimum Gasteiger partial charge on any atom is -0.264 e. The quantitative estimate of drug-likeness (QED) is 0.231. The van der Waals surface area contributed by atoms with Crippen LogP contribution in [0.25, 0.3) is 67.1 Å². The Morgan fingerprint density at radius 3 is 1.70 bits per heavy atom. The molecule has 0 bridgehead atoms. The summed E-state index contributed by atoms with van der Waals surface area (Å²) < 4.78 is 0. The normalized spacial score (nSPS) is 11.0. The van der Waals surface area contributed by atoms with Gasteiger partial charge in [0.2, 0.25) is 0 Å². The Labute approximate surface area is 232 Å². The number of rotatable bonds is 5. The molecule has 0 atom stereocenters. The Bertz CT molecular complexity index is 1930. The van der Waals surface area contributed by atoms with Crippen LogP contribution in [-0.4, -0.2) is 19.9 Å². The minimum absolute atomic E-state index is 0.749. The van der Waals surface area contributed by atoms with E-state index in [4.69, 9.17) is 15.0 Å². The van der Waals surface area contributed by atoms with Crippen molar-refractivity contribution in [1.82, 2.24) is 19.9 Å². The second-order valence-electron chi connectivity index (χ2n) is 9.55. The van der Waals surface area contributed by atoms with Gasteiger partial charge in [0.15, 0.2) is 0 Å². The molecule has 0 radical (unpaired) electrons. The van der Waals surface area contributed by atoms with E-state index < -0.39 is 0 Å². The van der Waals surface area contributed by atoms with Crippen LogP contribution in [0.5, 0.6) is 0 Å². The van der Waals surface area contributed by atoms with Gasteiger partial charge in [0.05, 0.1) is 22.8 Å². The van der Waals surface area contributed by atoms with Gasteiger partial charge in [-0.2, -0.15) is 0 Å². The van der Waals surface area contributed by atoms with E-state index in [0.717, 1.165) is 67.1 Å². The molecule has 3 aromatic heterocycles. The topological polar surface area (TPSA) is 51.6 Å². The fourth-order valence-electron chi connectivity index (χ4n) is 5.08. The summed E-state index contributed by atoms with van der Waals surface area (Å²) in [6, 6.07) is 43.3. The summed E-state index contributed by atoms with van der Waals surface area (Å²) in [5.41, 5.74) is 9.10. The molecule has 0 unspecified atom stereocenters. The number of aromatic nitrogens is 4. The molecule has 0 N–H and O–H groups in total. The highest BCUT2D eigenvalue weighted by atomic mass is 14.9. The first-order chi connectivity index (χ1) is 19.8. The smallest absolute Gasteiger partial charge is 0.116 e. The maximum atomic E-state index is 5.39.